The monoisotopic (exact) mass is 375 g/mol. The zero-order chi connectivity index (χ0) is 17.3. The molecule has 0 fully saturated rings. The number of aryl methyl sites for hydroxylation is 1. The summed E-state index contributed by atoms with van der Waals surface area (Å²) in [4.78, 5) is 10.8. The molecule has 7 heteroatoms. The van der Waals surface area contributed by atoms with Crippen LogP contribution >= 0.6 is 23.6 Å². The van der Waals surface area contributed by atoms with Crippen LogP contribution in [0, 0.1) is 4.77 Å². The number of hydrogen-bond acceptors (Lipinski definition) is 5. The van der Waals surface area contributed by atoms with Crippen LogP contribution in [0.3, 0.4) is 0 Å². The third kappa shape index (κ3) is 1.84. The summed E-state index contributed by atoms with van der Waals surface area (Å²) >= 11 is 6.94. The number of hydrogen-bond donors (Lipinski definition) is 1. The molecule has 1 aliphatic rings. The second-order valence-electron chi connectivity index (χ2n) is 6.56. The van der Waals surface area contributed by atoms with E-state index in [0.29, 0.717) is 4.77 Å². The van der Waals surface area contributed by atoms with Gasteiger partial charge in [-0.2, -0.15) is 5.10 Å². The molecule has 4 heterocycles. The normalized spacial score (nSPS) is 13.8. The Kier molecular flexibility index (Phi) is 2.90. The van der Waals surface area contributed by atoms with Crippen LogP contribution in [-0.2, 0) is 12.8 Å². The van der Waals surface area contributed by atoms with E-state index in [-0.39, 0.29) is 0 Å². The summed E-state index contributed by atoms with van der Waals surface area (Å²) in [7, 11) is 0. The van der Waals surface area contributed by atoms with Gasteiger partial charge in [-0.05, 0) is 42.6 Å². The number of aromatic amines is 1. The van der Waals surface area contributed by atoms with Gasteiger partial charge in [0.2, 0.25) is 4.77 Å². The van der Waals surface area contributed by atoms with E-state index >= 15 is 0 Å². The van der Waals surface area contributed by atoms with Crippen molar-refractivity contribution < 1.29 is 0 Å². The van der Waals surface area contributed by atoms with Crippen LogP contribution in [0.4, 0.5) is 0 Å². The molecule has 4 aromatic heterocycles. The highest BCUT2D eigenvalue weighted by atomic mass is 32.1. The summed E-state index contributed by atoms with van der Waals surface area (Å²) < 4.78 is 3.43. The molecule has 5 aromatic rings. The van der Waals surface area contributed by atoms with Gasteiger partial charge in [0.1, 0.15) is 15.9 Å². The van der Waals surface area contributed by atoms with E-state index in [1.54, 1.807) is 17.7 Å². The summed E-state index contributed by atoms with van der Waals surface area (Å²) in [5, 5.41) is 8.47. The predicted octanol–water partition coefficient (Wildman–Crippen LogP) is 4.71. The molecule has 126 valence electrons. The Hall–Kier alpha value is -2.64. The molecule has 0 amide bonds. The van der Waals surface area contributed by atoms with E-state index < -0.39 is 0 Å². The fraction of sp³-hybridized carbons (Fsp3) is 0.158. The van der Waals surface area contributed by atoms with Gasteiger partial charge in [-0.25, -0.2) is 9.97 Å². The van der Waals surface area contributed by atoms with Gasteiger partial charge in [0, 0.05) is 10.9 Å². The summed E-state index contributed by atoms with van der Waals surface area (Å²) in [5.74, 6) is 0. The van der Waals surface area contributed by atoms with Crippen molar-refractivity contribution in [1.82, 2.24) is 24.6 Å². The van der Waals surface area contributed by atoms with Crippen LogP contribution < -0.4 is 0 Å². The molecule has 0 saturated carbocycles. The summed E-state index contributed by atoms with van der Waals surface area (Å²) in [6, 6.07) is 10.5. The summed E-state index contributed by atoms with van der Waals surface area (Å²) in [6.45, 7) is 0. The molecular weight excluding hydrogens is 362 g/mol. The fourth-order valence-electron chi connectivity index (χ4n) is 4.01. The molecule has 0 radical (unpaired) electrons. The van der Waals surface area contributed by atoms with E-state index in [1.165, 1.54) is 28.5 Å². The van der Waals surface area contributed by atoms with Crippen molar-refractivity contribution in [2.75, 3.05) is 0 Å². The van der Waals surface area contributed by atoms with Gasteiger partial charge < -0.3 is 0 Å². The number of fused-ring (bicyclic) bond motifs is 7. The van der Waals surface area contributed by atoms with Gasteiger partial charge in [0.15, 0.2) is 5.65 Å². The Labute approximate surface area is 157 Å². The summed E-state index contributed by atoms with van der Waals surface area (Å²) in [5.41, 5.74) is 6.92. The molecule has 0 spiro atoms. The molecule has 0 saturated heterocycles. The first kappa shape index (κ1) is 14.5. The first-order chi connectivity index (χ1) is 12.8. The molecule has 6 rings (SSSR count). The van der Waals surface area contributed by atoms with Gasteiger partial charge in [0.25, 0.3) is 0 Å². The van der Waals surface area contributed by atoms with Crippen LogP contribution in [0.2, 0.25) is 0 Å². The molecule has 0 atom stereocenters. The van der Waals surface area contributed by atoms with Crippen molar-refractivity contribution in [1.29, 1.82) is 0 Å². The number of benzene rings is 1. The third-order valence-corrected chi connectivity index (χ3v) is 6.50. The Bertz CT molecular complexity index is 1380. The number of nitrogens with zero attached hydrogens (tertiary/aromatic N) is 4. The first-order valence-electron chi connectivity index (χ1n) is 8.56. The fourth-order valence-corrected chi connectivity index (χ4v) is 5.33. The van der Waals surface area contributed by atoms with Crippen molar-refractivity contribution in [3.63, 3.8) is 0 Å². The van der Waals surface area contributed by atoms with Gasteiger partial charge in [-0.1, -0.05) is 30.3 Å². The highest BCUT2D eigenvalue weighted by Crippen LogP contribution is 2.42. The topological polar surface area (TPSA) is 58.9 Å². The quantitative estimate of drug-likeness (QED) is 0.431. The SMILES string of the molecule is S=c1[nH]nc2c3sc4nc(-c5ccccc5)c5c(c4c3ncn12)CCC5. The molecule has 5 nitrogen and oxygen atoms in total. The lowest BCUT2D eigenvalue weighted by molar-refractivity contribution is 0.913. The second kappa shape index (κ2) is 5.18. The number of pyridine rings is 1. The first-order valence-corrected chi connectivity index (χ1v) is 9.79. The van der Waals surface area contributed by atoms with Crippen molar-refractivity contribution in [2.24, 2.45) is 0 Å². The molecule has 1 N–H and O–H groups in total. The smallest absolute Gasteiger partial charge is 0.200 e. The second-order valence-corrected chi connectivity index (χ2v) is 7.95. The van der Waals surface area contributed by atoms with E-state index in [1.807, 2.05) is 10.5 Å². The van der Waals surface area contributed by atoms with Crippen molar-refractivity contribution in [3.8, 4) is 11.3 Å². The van der Waals surface area contributed by atoms with Gasteiger partial charge >= 0.3 is 0 Å². The maximum Gasteiger partial charge on any atom is 0.200 e. The predicted molar refractivity (Wildman–Crippen MR) is 106 cm³/mol. The van der Waals surface area contributed by atoms with E-state index in [4.69, 9.17) is 22.2 Å². The molecule has 0 aliphatic heterocycles. The Balaban J connectivity index is 1.78. The molecule has 1 aromatic carbocycles. The molecule has 26 heavy (non-hydrogen) atoms. The van der Waals surface area contributed by atoms with Gasteiger partial charge in [-0.15, -0.1) is 11.3 Å². The minimum Gasteiger partial charge on any atom is -0.257 e. The standard InChI is InChI=1S/C19H13N5S2/c25-19-23-22-17-16-15(20-9-24(17)19)13-11-7-4-8-12(11)14(21-18(13)26-16)10-5-2-1-3-6-10/h1-3,5-6,9H,4,7-8H2,(H,23,25). The third-order valence-electron chi connectivity index (χ3n) is 5.14. The summed E-state index contributed by atoms with van der Waals surface area (Å²) in [6.07, 6.45) is 5.10. The minimum absolute atomic E-state index is 0.565. The molecule has 1 aliphatic carbocycles. The molecule has 0 unspecified atom stereocenters. The van der Waals surface area contributed by atoms with Crippen LogP contribution in [0.5, 0.6) is 0 Å². The number of H-pyrrole nitrogens is 1. The number of rotatable bonds is 1. The lowest BCUT2D eigenvalue weighted by Gasteiger charge is -2.09. The lowest BCUT2D eigenvalue weighted by atomic mass is 10.0. The Morgan fingerprint density at radius 3 is 2.85 bits per heavy atom. The van der Waals surface area contributed by atoms with Crippen molar-refractivity contribution >= 4 is 49.6 Å². The van der Waals surface area contributed by atoms with Crippen LogP contribution in [0.25, 0.3) is 37.3 Å². The lowest BCUT2D eigenvalue weighted by Crippen LogP contribution is -1.94. The number of aromatic nitrogens is 5. The largest absolute Gasteiger partial charge is 0.257 e. The van der Waals surface area contributed by atoms with Crippen LogP contribution in [0.1, 0.15) is 17.5 Å². The van der Waals surface area contributed by atoms with Crippen LogP contribution in [0.15, 0.2) is 36.7 Å². The average molecular weight is 375 g/mol. The highest BCUT2D eigenvalue weighted by molar-refractivity contribution is 7.71. The molecular formula is C19H13N5S2. The van der Waals surface area contributed by atoms with Crippen LogP contribution in [-0.4, -0.2) is 24.6 Å². The zero-order valence-electron chi connectivity index (χ0n) is 13.7. The number of nitrogens with one attached hydrogen (secondary N) is 1. The maximum atomic E-state index is 5.29. The van der Waals surface area contributed by atoms with E-state index in [2.05, 4.69) is 34.5 Å². The maximum absolute atomic E-state index is 5.29. The van der Waals surface area contributed by atoms with Crippen molar-refractivity contribution in [2.45, 2.75) is 19.3 Å². The van der Waals surface area contributed by atoms with E-state index in [0.717, 1.165) is 39.2 Å². The van der Waals surface area contributed by atoms with Gasteiger partial charge in [0.05, 0.1) is 11.2 Å². The Morgan fingerprint density at radius 1 is 1.12 bits per heavy atom. The van der Waals surface area contributed by atoms with Crippen molar-refractivity contribution in [3.05, 3.63) is 52.6 Å². The minimum atomic E-state index is 0.565. The zero-order valence-corrected chi connectivity index (χ0v) is 15.3. The van der Waals surface area contributed by atoms with E-state index in [9.17, 15) is 0 Å². The highest BCUT2D eigenvalue weighted by Gasteiger charge is 2.24. The van der Waals surface area contributed by atoms with Gasteiger partial charge in [-0.3, -0.25) is 9.50 Å². The molecule has 0 bridgehead atoms. The number of thiophene rings is 1. The Morgan fingerprint density at radius 2 is 1.96 bits per heavy atom. The average Bonchev–Trinajstić information content (AvgIpc) is 3.37.